The molecular weight excluding hydrogens is 582 g/mol. The van der Waals surface area contributed by atoms with Gasteiger partial charge in [0.25, 0.3) is 5.91 Å². The van der Waals surface area contributed by atoms with Crippen molar-refractivity contribution in [1.82, 2.24) is 19.7 Å². The molecule has 2 aliphatic heterocycles. The number of rotatable bonds is 6. The van der Waals surface area contributed by atoms with Crippen LogP contribution in [-0.4, -0.2) is 70.9 Å². The number of hydrogen-bond donors (Lipinski definition) is 0. The summed E-state index contributed by atoms with van der Waals surface area (Å²) in [6.07, 6.45) is -7.06. The number of carbonyl (C=O) groups is 1. The van der Waals surface area contributed by atoms with Crippen molar-refractivity contribution in [2.24, 2.45) is 0 Å². The lowest BCUT2D eigenvalue weighted by molar-refractivity contribution is -0.143. The lowest BCUT2D eigenvalue weighted by atomic mass is 9.99. The highest BCUT2D eigenvalue weighted by atomic mass is 35.5. The van der Waals surface area contributed by atoms with Gasteiger partial charge in [0.1, 0.15) is 0 Å². The molecule has 0 spiro atoms. The van der Waals surface area contributed by atoms with E-state index in [1.807, 2.05) is 6.07 Å². The number of amides is 1. The summed E-state index contributed by atoms with van der Waals surface area (Å²) < 4.78 is 81.0. The summed E-state index contributed by atoms with van der Waals surface area (Å²) in [7, 11) is 0. The van der Waals surface area contributed by atoms with Crippen molar-refractivity contribution < 1.29 is 31.1 Å². The third-order valence-corrected chi connectivity index (χ3v) is 8.07. The molecule has 3 aromatic rings. The number of hydrogen-bond acceptors (Lipinski definition) is 4. The fraction of sp³-hybridized carbons (Fsp3) is 0.400. The van der Waals surface area contributed by atoms with Crippen molar-refractivity contribution in [3.63, 3.8) is 0 Å². The van der Waals surface area contributed by atoms with Gasteiger partial charge < -0.3 is 4.90 Å². The molecule has 1 fully saturated rings. The molecule has 0 bridgehead atoms. The summed E-state index contributed by atoms with van der Waals surface area (Å²) in [6, 6.07) is 11.6. The molecule has 0 radical (unpaired) electrons. The average Bonchev–Trinajstić information content (AvgIpc) is 2.96. The largest absolute Gasteiger partial charge is 0.416 e. The van der Waals surface area contributed by atoms with Gasteiger partial charge in [-0.1, -0.05) is 29.8 Å². The first kappa shape index (κ1) is 30.3. The van der Waals surface area contributed by atoms with Crippen LogP contribution < -0.4 is 0 Å². The first-order valence-corrected chi connectivity index (χ1v) is 14.0. The van der Waals surface area contributed by atoms with E-state index in [0.717, 1.165) is 37.3 Å². The Morgan fingerprint density at radius 2 is 1.55 bits per heavy atom. The molecule has 0 saturated carbocycles. The minimum Gasteiger partial charge on any atom is -0.333 e. The van der Waals surface area contributed by atoms with Crippen LogP contribution >= 0.6 is 11.6 Å². The number of piperazine rings is 1. The Morgan fingerprint density at radius 1 is 0.881 bits per heavy atom. The molecule has 2 aliphatic rings. The summed E-state index contributed by atoms with van der Waals surface area (Å²) >= 11 is 6.02. The molecule has 42 heavy (non-hydrogen) atoms. The Morgan fingerprint density at radius 3 is 2.21 bits per heavy atom. The smallest absolute Gasteiger partial charge is 0.333 e. The summed E-state index contributed by atoms with van der Waals surface area (Å²) in [5.74, 6) is -0.856. The topological polar surface area (TPSA) is 39.7 Å². The number of aromatic nitrogens is 1. The SMILES string of the molecule is O=C(c1cc(C(F)(F)F)cc(C(F)(F)F)c1)N1CCN(CCN2CCc3ncccc3C2)C[C@H]1Cc1ccc(Cl)cc1. The predicted molar refractivity (Wildman–Crippen MR) is 146 cm³/mol. The Labute approximate surface area is 244 Å². The monoisotopic (exact) mass is 610 g/mol. The number of fused-ring (bicyclic) bond motifs is 1. The van der Waals surface area contributed by atoms with Crippen molar-refractivity contribution in [3.05, 3.63) is 99.3 Å². The maximum absolute atomic E-state index is 13.6. The van der Waals surface area contributed by atoms with E-state index in [4.69, 9.17) is 11.6 Å². The Kier molecular flexibility index (Phi) is 8.82. The molecule has 5 rings (SSSR count). The van der Waals surface area contributed by atoms with Gasteiger partial charge in [-0.25, -0.2) is 0 Å². The fourth-order valence-corrected chi connectivity index (χ4v) is 5.73. The minimum atomic E-state index is -5.04. The van der Waals surface area contributed by atoms with E-state index in [-0.39, 0.29) is 12.6 Å². The molecule has 1 saturated heterocycles. The number of alkyl halides is 6. The molecular formula is C30H29ClF6N4O. The summed E-state index contributed by atoms with van der Waals surface area (Å²) in [6.45, 7) is 4.17. The van der Waals surface area contributed by atoms with E-state index in [1.165, 1.54) is 10.5 Å². The van der Waals surface area contributed by atoms with Crippen LogP contribution in [0.25, 0.3) is 0 Å². The molecule has 1 amide bonds. The van der Waals surface area contributed by atoms with Crippen LogP contribution in [0.15, 0.2) is 60.8 Å². The Balaban J connectivity index is 1.35. The highest BCUT2D eigenvalue weighted by Crippen LogP contribution is 2.37. The zero-order valence-electron chi connectivity index (χ0n) is 22.6. The second kappa shape index (κ2) is 12.2. The van der Waals surface area contributed by atoms with Crippen LogP contribution in [0.3, 0.4) is 0 Å². The predicted octanol–water partition coefficient (Wildman–Crippen LogP) is 6.20. The molecule has 0 N–H and O–H groups in total. The fourth-order valence-electron chi connectivity index (χ4n) is 5.60. The Hall–Kier alpha value is -3.15. The van der Waals surface area contributed by atoms with Gasteiger partial charge in [0.2, 0.25) is 0 Å². The van der Waals surface area contributed by atoms with Gasteiger partial charge in [-0.3, -0.25) is 19.6 Å². The lowest BCUT2D eigenvalue weighted by Crippen LogP contribution is -2.57. The van der Waals surface area contributed by atoms with E-state index in [1.54, 1.807) is 30.5 Å². The maximum Gasteiger partial charge on any atom is 0.416 e. The molecule has 224 valence electrons. The van der Waals surface area contributed by atoms with E-state index in [2.05, 4.69) is 20.9 Å². The number of benzene rings is 2. The van der Waals surface area contributed by atoms with Crippen molar-refractivity contribution in [3.8, 4) is 0 Å². The number of nitrogens with zero attached hydrogens (tertiary/aromatic N) is 4. The van der Waals surface area contributed by atoms with E-state index >= 15 is 0 Å². The number of halogens is 7. The zero-order chi connectivity index (χ0) is 30.1. The zero-order valence-corrected chi connectivity index (χ0v) is 23.3. The van der Waals surface area contributed by atoms with Crippen LogP contribution in [0.4, 0.5) is 26.3 Å². The number of carbonyl (C=O) groups excluding carboxylic acids is 1. The number of pyridine rings is 1. The third-order valence-electron chi connectivity index (χ3n) is 7.82. The van der Waals surface area contributed by atoms with Gasteiger partial charge in [-0.05, 0) is 53.9 Å². The summed E-state index contributed by atoms with van der Waals surface area (Å²) in [4.78, 5) is 23.9. The molecule has 12 heteroatoms. The molecule has 1 aromatic heterocycles. The van der Waals surface area contributed by atoms with Crippen molar-refractivity contribution in [1.29, 1.82) is 0 Å². The molecule has 2 aromatic carbocycles. The van der Waals surface area contributed by atoms with Gasteiger partial charge in [-0.15, -0.1) is 0 Å². The Bertz CT molecular complexity index is 1380. The minimum absolute atomic E-state index is 0.0367. The van der Waals surface area contributed by atoms with Crippen molar-refractivity contribution in [2.75, 3.05) is 39.3 Å². The molecule has 1 atom stereocenters. The molecule has 3 heterocycles. The summed E-state index contributed by atoms with van der Waals surface area (Å²) in [5, 5.41) is 0.527. The van der Waals surface area contributed by atoms with Gasteiger partial charge in [0.05, 0.1) is 11.1 Å². The van der Waals surface area contributed by atoms with Crippen LogP contribution in [0.1, 0.15) is 38.3 Å². The van der Waals surface area contributed by atoms with E-state index in [9.17, 15) is 31.1 Å². The summed E-state index contributed by atoms with van der Waals surface area (Å²) in [5.41, 5.74) is -0.499. The molecule has 5 nitrogen and oxygen atoms in total. The third kappa shape index (κ3) is 7.25. The average molecular weight is 611 g/mol. The van der Waals surface area contributed by atoms with Crippen molar-refractivity contribution in [2.45, 2.75) is 37.8 Å². The van der Waals surface area contributed by atoms with E-state index in [0.29, 0.717) is 43.2 Å². The normalized spacial score (nSPS) is 18.6. The van der Waals surface area contributed by atoms with Crippen LogP contribution in [0.5, 0.6) is 0 Å². The van der Waals surface area contributed by atoms with Crippen LogP contribution in [-0.2, 0) is 31.7 Å². The quantitative estimate of drug-likeness (QED) is 0.312. The van der Waals surface area contributed by atoms with Crippen LogP contribution in [0, 0.1) is 0 Å². The van der Waals surface area contributed by atoms with Gasteiger partial charge in [0.15, 0.2) is 0 Å². The first-order chi connectivity index (χ1) is 19.9. The molecule has 0 aliphatic carbocycles. The van der Waals surface area contributed by atoms with Gasteiger partial charge in [-0.2, -0.15) is 26.3 Å². The van der Waals surface area contributed by atoms with E-state index < -0.39 is 41.0 Å². The van der Waals surface area contributed by atoms with Gasteiger partial charge in [0, 0.05) is 80.8 Å². The van der Waals surface area contributed by atoms with Gasteiger partial charge >= 0.3 is 12.4 Å². The second-order valence-corrected chi connectivity index (χ2v) is 11.1. The van der Waals surface area contributed by atoms with Crippen molar-refractivity contribution >= 4 is 17.5 Å². The maximum atomic E-state index is 13.6. The highest BCUT2D eigenvalue weighted by Gasteiger charge is 2.39. The second-order valence-electron chi connectivity index (χ2n) is 10.7. The highest BCUT2D eigenvalue weighted by molar-refractivity contribution is 6.30. The first-order valence-electron chi connectivity index (χ1n) is 13.6. The standard InChI is InChI=1S/C30H29ClF6N4O/c31-25-5-3-20(4-6-25)14-26-19-40(11-10-39-9-7-27-21(18-39)2-1-8-38-27)12-13-41(26)28(42)22-15-23(29(32,33)34)17-24(16-22)30(35,36)37/h1-6,8,15-17,26H,7,9-14,18-19H2/t26-/m1/s1. The molecule has 0 unspecified atom stereocenters. The lowest BCUT2D eigenvalue weighted by Gasteiger charge is -2.42. The van der Waals surface area contributed by atoms with Crippen LogP contribution in [0.2, 0.25) is 5.02 Å².